The standard InChI is InChI=1S/C18H6F7N3O2.Cu/c1-5-10(17(29)6-2-8(19)7(4-26)9(20)3-6)18(30)28(27-5)16-14(24)12(22)11(21)13(23)15(16)25;/h2-3,30H,1H3;. The number of aromatic hydroxyl groups is 1. The van der Waals surface area contributed by atoms with E-state index < -0.39 is 80.5 Å². The van der Waals surface area contributed by atoms with Crippen molar-refractivity contribution in [3.8, 4) is 17.6 Å². The van der Waals surface area contributed by atoms with Crippen LogP contribution in [0, 0.1) is 59.0 Å². The van der Waals surface area contributed by atoms with Crippen molar-refractivity contribution < 1.29 is 57.7 Å². The van der Waals surface area contributed by atoms with Gasteiger partial charge in [-0.05, 0) is 19.1 Å². The van der Waals surface area contributed by atoms with Gasteiger partial charge in [-0.15, -0.1) is 0 Å². The van der Waals surface area contributed by atoms with Crippen LogP contribution in [0.15, 0.2) is 12.1 Å². The number of nitrogens with zero attached hydrogens (tertiary/aromatic N) is 3. The van der Waals surface area contributed by atoms with Crippen molar-refractivity contribution >= 4 is 5.78 Å². The van der Waals surface area contributed by atoms with Crippen LogP contribution in [0.25, 0.3) is 5.69 Å². The fourth-order valence-electron chi connectivity index (χ4n) is 2.67. The van der Waals surface area contributed by atoms with Gasteiger partial charge in [-0.1, -0.05) is 0 Å². The van der Waals surface area contributed by atoms with Crippen molar-refractivity contribution in [3.63, 3.8) is 0 Å². The zero-order valence-electron chi connectivity index (χ0n) is 14.8. The van der Waals surface area contributed by atoms with Crippen molar-refractivity contribution in [2.75, 3.05) is 0 Å². The number of hydrogen-bond donors (Lipinski definition) is 1. The van der Waals surface area contributed by atoms with Gasteiger partial charge < -0.3 is 5.11 Å². The molecule has 31 heavy (non-hydrogen) atoms. The summed E-state index contributed by atoms with van der Waals surface area (Å²) in [6, 6.07) is 2.17. The monoisotopic (exact) mass is 492 g/mol. The Hall–Kier alpha value is -3.36. The number of benzene rings is 2. The Morgan fingerprint density at radius 3 is 1.87 bits per heavy atom. The molecule has 1 radical (unpaired) electrons. The normalized spacial score (nSPS) is 10.5. The Morgan fingerprint density at radius 2 is 1.42 bits per heavy atom. The average molecular weight is 493 g/mol. The molecule has 0 aliphatic carbocycles. The molecule has 1 aromatic heterocycles. The Balaban J connectivity index is 0.00000341. The van der Waals surface area contributed by atoms with E-state index in [2.05, 4.69) is 5.10 Å². The van der Waals surface area contributed by atoms with E-state index in [4.69, 9.17) is 5.26 Å². The van der Waals surface area contributed by atoms with E-state index in [0.29, 0.717) is 12.1 Å². The third-order valence-corrected chi connectivity index (χ3v) is 4.08. The minimum Gasteiger partial charge on any atom is -0.493 e. The first kappa shape index (κ1) is 23.9. The van der Waals surface area contributed by atoms with Crippen molar-refractivity contribution in [2.24, 2.45) is 0 Å². The summed E-state index contributed by atoms with van der Waals surface area (Å²) in [6.07, 6.45) is 0. The molecule has 13 heteroatoms. The van der Waals surface area contributed by atoms with Crippen molar-refractivity contribution in [2.45, 2.75) is 6.92 Å². The molecule has 2 aromatic carbocycles. The molecule has 0 unspecified atom stereocenters. The number of carbonyl (C=O) groups is 1. The van der Waals surface area contributed by atoms with Gasteiger partial charge in [-0.3, -0.25) is 4.79 Å². The van der Waals surface area contributed by atoms with Gasteiger partial charge in [0.2, 0.25) is 17.5 Å². The van der Waals surface area contributed by atoms with Gasteiger partial charge in [0.1, 0.15) is 34.5 Å². The van der Waals surface area contributed by atoms with E-state index in [1.807, 2.05) is 0 Å². The van der Waals surface area contributed by atoms with Crippen LogP contribution in [-0.4, -0.2) is 20.7 Å². The molecule has 3 aromatic rings. The number of hydrogen-bond acceptors (Lipinski definition) is 4. The van der Waals surface area contributed by atoms with E-state index in [1.54, 1.807) is 0 Å². The van der Waals surface area contributed by atoms with Gasteiger partial charge in [0.15, 0.2) is 23.3 Å². The molecule has 1 N–H and O–H groups in total. The van der Waals surface area contributed by atoms with E-state index in [-0.39, 0.29) is 21.8 Å². The van der Waals surface area contributed by atoms with E-state index in [9.17, 15) is 40.6 Å². The number of aromatic nitrogens is 2. The van der Waals surface area contributed by atoms with Crippen LogP contribution in [0.4, 0.5) is 30.7 Å². The smallest absolute Gasteiger partial charge is 0.226 e. The summed E-state index contributed by atoms with van der Waals surface area (Å²) in [5.74, 6) is -17.2. The van der Waals surface area contributed by atoms with Crippen molar-refractivity contribution in [1.29, 1.82) is 5.26 Å². The first-order chi connectivity index (χ1) is 14.0. The molecule has 0 fully saturated rings. The van der Waals surface area contributed by atoms with Crippen LogP contribution < -0.4 is 0 Å². The van der Waals surface area contributed by atoms with Gasteiger partial charge in [0.25, 0.3) is 0 Å². The number of aryl methyl sites for hydroxylation is 1. The number of nitriles is 1. The summed E-state index contributed by atoms with van der Waals surface area (Å²) in [5.41, 5.74) is -4.62. The molecule has 0 bridgehead atoms. The third-order valence-electron chi connectivity index (χ3n) is 4.08. The van der Waals surface area contributed by atoms with Gasteiger partial charge in [-0.25, -0.2) is 30.7 Å². The van der Waals surface area contributed by atoms with Gasteiger partial charge in [0, 0.05) is 22.6 Å². The molecule has 0 saturated carbocycles. The van der Waals surface area contributed by atoms with Crippen LogP contribution >= 0.6 is 0 Å². The van der Waals surface area contributed by atoms with E-state index >= 15 is 0 Å². The van der Waals surface area contributed by atoms with Crippen LogP contribution in [-0.2, 0) is 17.1 Å². The van der Waals surface area contributed by atoms with Crippen molar-refractivity contribution in [1.82, 2.24) is 9.78 Å². The fourth-order valence-corrected chi connectivity index (χ4v) is 2.67. The Bertz CT molecular complexity index is 1230. The molecule has 3 rings (SSSR count). The number of halogens is 7. The summed E-state index contributed by atoms with van der Waals surface area (Å²) in [7, 11) is 0. The molecule has 0 aliphatic rings. The number of carbonyl (C=O) groups excluding carboxylic acids is 1. The summed E-state index contributed by atoms with van der Waals surface area (Å²) in [6.45, 7) is 1.03. The maximum atomic E-state index is 14.0. The minimum atomic E-state index is -2.45. The number of rotatable bonds is 3. The third kappa shape index (κ3) is 3.64. The summed E-state index contributed by atoms with van der Waals surface area (Å²) >= 11 is 0. The SMILES string of the molecule is Cc1nn(-c2c(F)c(F)c(F)c(F)c2F)c(O)c1C(=O)c1cc(F)c(C#N)c(F)c1.[Cu]. The van der Waals surface area contributed by atoms with Gasteiger partial charge in [-0.2, -0.15) is 15.0 Å². The minimum absolute atomic E-state index is 0. The molecule has 5 nitrogen and oxygen atoms in total. The number of ketones is 1. The molecule has 0 spiro atoms. The topological polar surface area (TPSA) is 78.9 Å². The fraction of sp³-hybridized carbons (Fsp3) is 0.0556. The molecule has 0 amide bonds. The van der Waals surface area contributed by atoms with Gasteiger partial charge in [0.05, 0.1) is 5.69 Å². The second-order valence-electron chi connectivity index (χ2n) is 5.87. The van der Waals surface area contributed by atoms with Gasteiger partial charge >= 0.3 is 0 Å². The van der Waals surface area contributed by atoms with Crippen LogP contribution in [0.3, 0.4) is 0 Å². The first-order valence-electron chi connectivity index (χ1n) is 7.75. The molecule has 1 heterocycles. The first-order valence-corrected chi connectivity index (χ1v) is 7.75. The van der Waals surface area contributed by atoms with Crippen LogP contribution in [0.2, 0.25) is 0 Å². The molecule has 0 saturated heterocycles. The summed E-state index contributed by atoms with van der Waals surface area (Å²) in [4.78, 5) is 12.6. The second-order valence-corrected chi connectivity index (χ2v) is 5.87. The maximum absolute atomic E-state index is 14.0. The van der Waals surface area contributed by atoms with Crippen LogP contribution in [0.5, 0.6) is 5.88 Å². The Labute approximate surface area is 178 Å². The molecule has 165 valence electrons. The van der Waals surface area contributed by atoms with E-state index in [1.165, 1.54) is 6.07 Å². The largest absolute Gasteiger partial charge is 0.493 e. The molecule has 0 aliphatic heterocycles. The predicted molar refractivity (Wildman–Crippen MR) is 84.3 cm³/mol. The maximum Gasteiger partial charge on any atom is 0.226 e. The Kier molecular flexibility index (Phi) is 6.49. The summed E-state index contributed by atoms with van der Waals surface area (Å²) in [5, 5.41) is 22.3. The quantitative estimate of drug-likeness (QED) is 0.197. The predicted octanol–water partition coefficient (Wildman–Crippen LogP) is 3.96. The van der Waals surface area contributed by atoms with Crippen LogP contribution in [0.1, 0.15) is 27.2 Å². The Morgan fingerprint density at radius 1 is 0.968 bits per heavy atom. The summed E-state index contributed by atoms with van der Waals surface area (Å²) < 4.78 is 95.6. The van der Waals surface area contributed by atoms with Crippen molar-refractivity contribution in [3.05, 3.63) is 75.2 Å². The zero-order chi connectivity index (χ0) is 22.5. The molecular weight excluding hydrogens is 487 g/mol. The second kappa shape index (κ2) is 8.41. The average Bonchev–Trinajstić information content (AvgIpc) is 2.98. The van der Waals surface area contributed by atoms with E-state index in [0.717, 1.165) is 6.92 Å². The molecular formula is C18H6CuF7N3O2. The molecule has 0 atom stereocenters. The zero-order valence-corrected chi connectivity index (χ0v) is 15.7.